The van der Waals surface area contributed by atoms with E-state index in [4.69, 9.17) is 14.6 Å². The summed E-state index contributed by atoms with van der Waals surface area (Å²) in [6, 6.07) is 4.97. The topological polar surface area (TPSA) is 84.9 Å². The van der Waals surface area contributed by atoms with Gasteiger partial charge in [0, 0.05) is 12.1 Å². The van der Waals surface area contributed by atoms with Crippen molar-refractivity contribution in [1.29, 1.82) is 0 Å². The Morgan fingerprint density at radius 1 is 1.29 bits per heavy atom. The van der Waals surface area contributed by atoms with Crippen LogP contribution in [0.2, 0.25) is 0 Å². The standard InChI is InChI=1S/C18H25NO5/c1-12(2)6-9-24-14-5-4-13(10-15(14)23-3)16(20)19-11-18(7-8-18)17(21)22/h4-5,10,12H,6-9,11H2,1-3H3,(H,19,20)(H,21,22). The van der Waals surface area contributed by atoms with Crippen molar-refractivity contribution in [2.24, 2.45) is 11.3 Å². The zero-order chi connectivity index (χ0) is 17.7. The molecular formula is C18H25NO5. The Bertz CT molecular complexity index is 607. The van der Waals surface area contributed by atoms with Gasteiger partial charge in [0.2, 0.25) is 0 Å². The first-order valence-electron chi connectivity index (χ1n) is 8.20. The molecule has 2 rings (SSSR count). The number of ether oxygens (including phenoxy) is 2. The number of nitrogens with one attached hydrogen (secondary N) is 1. The first-order chi connectivity index (χ1) is 11.4. The van der Waals surface area contributed by atoms with Crippen molar-refractivity contribution >= 4 is 11.9 Å². The maximum atomic E-state index is 12.2. The number of carbonyl (C=O) groups excluding carboxylic acids is 1. The van der Waals surface area contributed by atoms with Crippen molar-refractivity contribution in [2.45, 2.75) is 33.1 Å². The molecule has 0 saturated heterocycles. The van der Waals surface area contributed by atoms with Gasteiger partial charge in [0.15, 0.2) is 11.5 Å². The number of carboxylic acids is 1. The van der Waals surface area contributed by atoms with E-state index >= 15 is 0 Å². The summed E-state index contributed by atoms with van der Waals surface area (Å²) < 4.78 is 11.0. The molecule has 0 aromatic heterocycles. The lowest BCUT2D eigenvalue weighted by Crippen LogP contribution is -2.34. The van der Waals surface area contributed by atoms with E-state index in [1.807, 2.05) is 0 Å². The summed E-state index contributed by atoms with van der Waals surface area (Å²) in [7, 11) is 1.52. The fourth-order valence-corrected chi connectivity index (χ4v) is 2.30. The second-order valence-corrected chi connectivity index (χ2v) is 6.66. The van der Waals surface area contributed by atoms with Gasteiger partial charge in [-0.3, -0.25) is 9.59 Å². The Morgan fingerprint density at radius 2 is 2.00 bits per heavy atom. The quantitative estimate of drug-likeness (QED) is 0.725. The normalized spacial score (nSPS) is 15.0. The highest BCUT2D eigenvalue weighted by molar-refractivity contribution is 5.95. The molecule has 6 nitrogen and oxygen atoms in total. The van der Waals surface area contributed by atoms with Crippen LogP contribution in [0.4, 0.5) is 0 Å². The van der Waals surface area contributed by atoms with Crippen LogP contribution in [0.3, 0.4) is 0 Å². The minimum Gasteiger partial charge on any atom is -0.493 e. The Morgan fingerprint density at radius 3 is 2.54 bits per heavy atom. The molecule has 6 heteroatoms. The summed E-state index contributed by atoms with van der Waals surface area (Å²) >= 11 is 0. The van der Waals surface area contributed by atoms with Gasteiger partial charge >= 0.3 is 5.97 Å². The molecule has 132 valence electrons. The largest absolute Gasteiger partial charge is 0.493 e. The lowest BCUT2D eigenvalue weighted by molar-refractivity contribution is -0.143. The van der Waals surface area contributed by atoms with Gasteiger partial charge in [-0.15, -0.1) is 0 Å². The van der Waals surface area contributed by atoms with Gasteiger partial charge < -0.3 is 19.9 Å². The molecule has 0 atom stereocenters. The zero-order valence-electron chi connectivity index (χ0n) is 14.4. The smallest absolute Gasteiger partial charge is 0.311 e. The second kappa shape index (κ2) is 7.55. The maximum Gasteiger partial charge on any atom is 0.311 e. The average Bonchev–Trinajstić information content (AvgIpc) is 3.33. The molecule has 0 aliphatic heterocycles. The van der Waals surface area contributed by atoms with Crippen molar-refractivity contribution in [3.63, 3.8) is 0 Å². The summed E-state index contributed by atoms with van der Waals surface area (Å²) in [5.41, 5.74) is -0.358. The molecule has 1 saturated carbocycles. The van der Waals surface area contributed by atoms with E-state index in [1.54, 1.807) is 18.2 Å². The van der Waals surface area contributed by atoms with Crippen molar-refractivity contribution in [3.8, 4) is 11.5 Å². The first-order valence-corrected chi connectivity index (χ1v) is 8.20. The van der Waals surface area contributed by atoms with E-state index in [0.29, 0.717) is 42.4 Å². The van der Waals surface area contributed by atoms with Crippen LogP contribution in [0.5, 0.6) is 11.5 Å². The van der Waals surface area contributed by atoms with Crippen molar-refractivity contribution in [1.82, 2.24) is 5.32 Å². The Hall–Kier alpha value is -2.24. The van der Waals surface area contributed by atoms with Crippen LogP contribution in [0.15, 0.2) is 18.2 Å². The third-order valence-corrected chi connectivity index (χ3v) is 4.27. The van der Waals surface area contributed by atoms with Crippen LogP contribution in [0, 0.1) is 11.3 Å². The molecule has 1 aliphatic rings. The number of hydrogen-bond acceptors (Lipinski definition) is 4. The monoisotopic (exact) mass is 335 g/mol. The molecule has 0 heterocycles. The molecule has 1 fully saturated rings. The number of amides is 1. The average molecular weight is 335 g/mol. The summed E-state index contributed by atoms with van der Waals surface area (Å²) in [4.78, 5) is 23.4. The molecular weight excluding hydrogens is 310 g/mol. The summed E-state index contributed by atoms with van der Waals surface area (Å²) in [5.74, 6) is 0.471. The number of benzene rings is 1. The van der Waals surface area contributed by atoms with E-state index in [-0.39, 0.29) is 12.5 Å². The number of carbonyl (C=O) groups is 2. The summed E-state index contributed by atoms with van der Waals surface area (Å²) in [6.07, 6.45) is 2.14. The minimum absolute atomic E-state index is 0.149. The van der Waals surface area contributed by atoms with Gasteiger partial charge in [0.05, 0.1) is 19.1 Å². The predicted molar refractivity (Wildman–Crippen MR) is 89.6 cm³/mol. The second-order valence-electron chi connectivity index (χ2n) is 6.66. The lowest BCUT2D eigenvalue weighted by Gasteiger charge is -2.14. The maximum absolute atomic E-state index is 12.2. The minimum atomic E-state index is -0.853. The van der Waals surface area contributed by atoms with Gasteiger partial charge in [-0.25, -0.2) is 0 Å². The zero-order valence-corrected chi connectivity index (χ0v) is 14.4. The summed E-state index contributed by atoms with van der Waals surface area (Å²) in [6.45, 7) is 4.98. The number of methoxy groups -OCH3 is 1. The van der Waals surface area contributed by atoms with E-state index in [9.17, 15) is 9.59 Å². The van der Waals surface area contributed by atoms with E-state index < -0.39 is 11.4 Å². The van der Waals surface area contributed by atoms with Crippen LogP contribution in [-0.4, -0.2) is 37.2 Å². The number of aliphatic carboxylic acids is 1. The molecule has 1 aromatic carbocycles. The van der Waals surface area contributed by atoms with E-state index in [0.717, 1.165) is 6.42 Å². The molecule has 1 amide bonds. The van der Waals surface area contributed by atoms with Crippen molar-refractivity contribution in [2.75, 3.05) is 20.3 Å². The number of hydrogen-bond donors (Lipinski definition) is 2. The lowest BCUT2D eigenvalue weighted by atomic mass is 10.1. The van der Waals surface area contributed by atoms with Crippen LogP contribution < -0.4 is 14.8 Å². The van der Waals surface area contributed by atoms with Crippen LogP contribution in [-0.2, 0) is 4.79 Å². The number of carboxylic acid groups (broad SMARTS) is 1. The van der Waals surface area contributed by atoms with Gasteiger partial charge in [-0.05, 0) is 43.4 Å². The predicted octanol–water partition coefficient (Wildman–Crippen LogP) is 2.71. The molecule has 0 radical (unpaired) electrons. The third kappa shape index (κ3) is 4.40. The van der Waals surface area contributed by atoms with Crippen LogP contribution in [0.25, 0.3) is 0 Å². The van der Waals surface area contributed by atoms with E-state index in [1.165, 1.54) is 7.11 Å². The molecule has 24 heavy (non-hydrogen) atoms. The van der Waals surface area contributed by atoms with E-state index in [2.05, 4.69) is 19.2 Å². The summed E-state index contributed by atoms with van der Waals surface area (Å²) in [5, 5.41) is 11.8. The molecule has 0 bridgehead atoms. The van der Waals surface area contributed by atoms with Crippen LogP contribution >= 0.6 is 0 Å². The Kier molecular flexibility index (Phi) is 5.70. The Labute approximate surface area is 142 Å². The highest BCUT2D eigenvalue weighted by atomic mass is 16.5. The third-order valence-electron chi connectivity index (χ3n) is 4.27. The number of rotatable bonds is 9. The SMILES string of the molecule is COc1cc(C(=O)NCC2(C(=O)O)CC2)ccc1OCCC(C)C. The van der Waals surface area contributed by atoms with Gasteiger partial charge in [-0.2, -0.15) is 0 Å². The molecule has 1 aromatic rings. The van der Waals surface area contributed by atoms with Gasteiger partial charge in [0.1, 0.15) is 0 Å². The van der Waals surface area contributed by atoms with Gasteiger partial charge in [-0.1, -0.05) is 13.8 Å². The Balaban J connectivity index is 1.97. The molecule has 0 unspecified atom stereocenters. The molecule has 0 spiro atoms. The first kappa shape index (κ1) is 18.1. The fourth-order valence-electron chi connectivity index (χ4n) is 2.30. The van der Waals surface area contributed by atoms with Crippen molar-refractivity contribution < 1.29 is 24.2 Å². The van der Waals surface area contributed by atoms with Crippen LogP contribution in [0.1, 0.15) is 43.5 Å². The van der Waals surface area contributed by atoms with Crippen molar-refractivity contribution in [3.05, 3.63) is 23.8 Å². The fraction of sp³-hybridized carbons (Fsp3) is 0.556. The highest BCUT2D eigenvalue weighted by Gasteiger charge is 2.50. The highest BCUT2D eigenvalue weighted by Crippen LogP contribution is 2.45. The van der Waals surface area contributed by atoms with Gasteiger partial charge in [0.25, 0.3) is 5.91 Å². The molecule has 2 N–H and O–H groups in total. The molecule has 1 aliphatic carbocycles.